The Bertz CT molecular complexity index is 1170. The molecule has 0 saturated carbocycles. The molecule has 0 unspecified atom stereocenters. The number of aromatic nitrogens is 2. The van der Waals surface area contributed by atoms with Crippen molar-refractivity contribution in [1.29, 1.82) is 0 Å². The normalized spacial score (nSPS) is 17.7. The van der Waals surface area contributed by atoms with Gasteiger partial charge in [-0.25, -0.2) is 4.39 Å². The van der Waals surface area contributed by atoms with Crippen molar-refractivity contribution >= 4 is 23.3 Å². The summed E-state index contributed by atoms with van der Waals surface area (Å²) in [5.74, 6) is 1.05. The molecule has 3 aromatic rings. The van der Waals surface area contributed by atoms with Gasteiger partial charge >= 0.3 is 0 Å². The van der Waals surface area contributed by atoms with Crippen LogP contribution in [0.5, 0.6) is 5.75 Å². The molecule has 2 fully saturated rings. The molecule has 2 aliphatic heterocycles. The lowest BCUT2D eigenvalue weighted by atomic mass is 9.99. The molecule has 2 aliphatic rings. The van der Waals surface area contributed by atoms with Crippen LogP contribution in [0.15, 0.2) is 66.9 Å². The third-order valence-electron chi connectivity index (χ3n) is 6.33. The second kappa shape index (κ2) is 10.1. The fraction of sp³-hybridized carbons (Fsp3) is 0.308. The first-order valence-corrected chi connectivity index (χ1v) is 11.7. The monoisotopic (exact) mass is 475 g/mol. The molecule has 1 atom stereocenters. The van der Waals surface area contributed by atoms with Gasteiger partial charge in [0, 0.05) is 37.9 Å². The fourth-order valence-electron chi connectivity index (χ4n) is 4.29. The van der Waals surface area contributed by atoms with Crippen LogP contribution in [0, 0.1) is 11.7 Å². The van der Waals surface area contributed by atoms with E-state index in [1.165, 1.54) is 12.1 Å². The second-order valence-electron chi connectivity index (χ2n) is 8.87. The molecule has 3 heterocycles. The molecule has 35 heavy (non-hydrogen) atoms. The zero-order chi connectivity index (χ0) is 24.2. The number of nitrogens with zero attached hydrogens (tertiary/aromatic N) is 4. The van der Waals surface area contributed by atoms with Gasteiger partial charge < -0.3 is 19.9 Å². The quantitative estimate of drug-likeness (QED) is 0.566. The van der Waals surface area contributed by atoms with E-state index in [4.69, 9.17) is 4.74 Å². The smallest absolute Gasteiger partial charge is 0.231 e. The van der Waals surface area contributed by atoms with Crippen molar-refractivity contribution in [2.24, 2.45) is 5.92 Å². The standard InChI is InChI=1S/C26H26FN5O3/c27-20-5-3-18(4-6-20)14-25(33)31-13-11-23(17-31)35-22-9-7-21(8-10-22)29-26(34)19-15-32(16-19)24-2-1-12-28-30-24/h1-10,12,19,23H,11,13-17H2,(H,29,34)/t23-/m1/s1. The van der Waals surface area contributed by atoms with E-state index in [0.717, 1.165) is 17.8 Å². The van der Waals surface area contributed by atoms with Crippen LogP contribution in [-0.2, 0) is 16.0 Å². The topological polar surface area (TPSA) is 87.7 Å². The molecular formula is C26H26FN5O3. The maximum absolute atomic E-state index is 13.1. The number of likely N-dealkylation sites (tertiary alicyclic amines) is 1. The number of hydrogen-bond acceptors (Lipinski definition) is 6. The van der Waals surface area contributed by atoms with Crippen molar-refractivity contribution in [2.75, 3.05) is 36.4 Å². The Morgan fingerprint density at radius 1 is 1.03 bits per heavy atom. The highest BCUT2D eigenvalue weighted by molar-refractivity contribution is 5.94. The summed E-state index contributed by atoms with van der Waals surface area (Å²) in [4.78, 5) is 28.9. The summed E-state index contributed by atoms with van der Waals surface area (Å²) in [6.45, 7) is 2.38. The Hall–Kier alpha value is -4.01. The van der Waals surface area contributed by atoms with Crippen molar-refractivity contribution in [2.45, 2.75) is 18.9 Å². The van der Waals surface area contributed by atoms with Crippen molar-refractivity contribution in [1.82, 2.24) is 15.1 Å². The lowest BCUT2D eigenvalue weighted by Crippen LogP contribution is -2.52. The van der Waals surface area contributed by atoms with Crippen LogP contribution in [-0.4, -0.2) is 59.2 Å². The highest BCUT2D eigenvalue weighted by Gasteiger charge is 2.33. The Morgan fingerprint density at radius 3 is 2.51 bits per heavy atom. The fourth-order valence-corrected chi connectivity index (χ4v) is 4.29. The SMILES string of the molecule is O=C(Nc1ccc(O[C@@H]2CCN(C(=O)Cc3ccc(F)cc3)C2)cc1)C1CN(c2cccnn2)C1. The third kappa shape index (κ3) is 5.56. The first-order valence-electron chi connectivity index (χ1n) is 11.7. The highest BCUT2D eigenvalue weighted by atomic mass is 19.1. The molecule has 0 bridgehead atoms. The molecule has 0 spiro atoms. The van der Waals surface area contributed by atoms with Gasteiger partial charge in [-0.05, 0) is 54.1 Å². The molecular weight excluding hydrogens is 449 g/mol. The number of carbonyl (C=O) groups is 2. The van der Waals surface area contributed by atoms with Gasteiger partial charge in [-0.15, -0.1) is 5.10 Å². The Morgan fingerprint density at radius 2 is 1.80 bits per heavy atom. The predicted octanol–water partition coefficient (Wildman–Crippen LogP) is 2.91. The number of amides is 2. The minimum atomic E-state index is -0.311. The Labute approximate surface area is 202 Å². The number of hydrogen-bond donors (Lipinski definition) is 1. The van der Waals surface area contributed by atoms with Crippen molar-refractivity contribution in [3.8, 4) is 5.75 Å². The van der Waals surface area contributed by atoms with Crippen LogP contribution in [0.2, 0.25) is 0 Å². The number of benzene rings is 2. The van der Waals surface area contributed by atoms with E-state index in [0.29, 0.717) is 37.6 Å². The van der Waals surface area contributed by atoms with Crippen LogP contribution in [0.4, 0.5) is 15.9 Å². The van der Waals surface area contributed by atoms with Gasteiger partial charge in [-0.3, -0.25) is 9.59 Å². The van der Waals surface area contributed by atoms with Crippen LogP contribution >= 0.6 is 0 Å². The second-order valence-corrected chi connectivity index (χ2v) is 8.87. The Balaban J connectivity index is 1.06. The third-order valence-corrected chi connectivity index (χ3v) is 6.33. The van der Waals surface area contributed by atoms with Gasteiger partial charge in [-0.2, -0.15) is 5.10 Å². The minimum absolute atomic E-state index is 0.00892. The number of halogens is 1. The maximum atomic E-state index is 13.1. The summed E-state index contributed by atoms with van der Waals surface area (Å²) in [6.07, 6.45) is 2.53. The van der Waals surface area contributed by atoms with Crippen molar-refractivity contribution < 1.29 is 18.7 Å². The van der Waals surface area contributed by atoms with Gasteiger partial charge in [0.05, 0.1) is 18.9 Å². The van der Waals surface area contributed by atoms with E-state index in [2.05, 4.69) is 15.5 Å². The molecule has 1 N–H and O–H groups in total. The highest BCUT2D eigenvalue weighted by Crippen LogP contribution is 2.25. The average molecular weight is 476 g/mol. The average Bonchev–Trinajstić information content (AvgIpc) is 3.30. The number of carbonyl (C=O) groups excluding carboxylic acids is 2. The van der Waals surface area contributed by atoms with E-state index in [-0.39, 0.29) is 36.1 Å². The van der Waals surface area contributed by atoms with E-state index in [1.54, 1.807) is 23.2 Å². The van der Waals surface area contributed by atoms with Gasteiger partial charge in [0.1, 0.15) is 17.7 Å². The van der Waals surface area contributed by atoms with E-state index < -0.39 is 0 Å². The van der Waals surface area contributed by atoms with Crippen molar-refractivity contribution in [3.63, 3.8) is 0 Å². The molecule has 1 aromatic heterocycles. The summed E-state index contributed by atoms with van der Waals surface area (Å²) < 4.78 is 19.1. The first-order chi connectivity index (χ1) is 17.0. The largest absolute Gasteiger partial charge is 0.489 e. The number of anilines is 2. The Kier molecular flexibility index (Phi) is 6.56. The summed E-state index contributed by atoms with van der Waals surface area (Å²) in [7, 11) is 0. The number of ether oxygens (including phenoxy) is 1. The summed E-state index contributed by atoms with van der Waals surface area (Å²) >= 11 is 0. The lowest BCUT2D eigenvalue weighted by molar-refractivity contribution is -0.129. The molecule has 180 valence electrons. The summed E-state index contributed by atoms with van der Waals surface area (Å²) in [6, 6.07) is 17.0. The molecule has 2 amide bonds. The van der Waals surface area contributed by atoms with Crippen molar-refractivity contribution in [3.05, 3.63) is 78.2 Å². The van der Waals surface area contributed by atoms with Gasteiger partial charge in [-0.1, -0.05) is 12.1 Å². The van der Waals surface area contributed by atoms with E-state index in [1.807, 2.05) is 41.3 Å². The van der Waals surface area contributed by atoms with Crippen LogP contribution < -0.4 is 15.0 Å². The van der Waals surface area contributed by atoms with E-state index in [9.17, 15) is 14.0 Å². The molecule has 9 heteroatoms. The lowest BCUT2D eigenvalue weighted by Gasteiger charge is -2.38. The number of rotatable bonds is 7. The summed E-state index contributed by atoms with van der Waals surface area (Å²) in [5.41, 5.74) is 1.50. The summed E-state index contributed by atoms with van der Waals surface area (Å²) in [5, 5.41) is 10.9. The minimum Gasteiger partial charge on any atom is -0.489 e. The number of nitrogens with one attached hydrogen (secondary N) is 1. The van der Waals surface area contributed by atoms with Crippen LogP contribution in [0.25, 0.3) is 0 Å². The van der Waals surface area contributed by atoms with Gasteiger partial charge in [0.15, 0.2) is 5.82 Å². The molecule has 8 nitrogen and oxygen atoms in total. The van der Waals surface area contributed by atoms with Gasteiger partial charge in [0.25, 0.3) is 0 Å². The van der Waals surface area contributed by atoms with Crippen LogP contribution in [0.3, 0.4) is 0 Å². The van der Waals surface area contributed by atoms with Gasteiger partial charge in [0.2, 0.25) is 11.8 Å². The zero-order valence-electron chi connectivity index (χ0n) is 19.1. The predicted molar refractivity (Wildman–Crippen MR) is 129 cm³/mol. The molecule has 5 rings (SSSR count). The van der Waals surface area contributed by atoms with Crippen LogP contribution in [0.1, 0.15) is 12.0 Å². The molecule has 0 radical (unpaired) electrons. The first kappa shape index (κ1) is 22.8. The molecule has 2 aromatic carbocycles. The molecule has 0 aliphatic carbocycles. The maximum Gasteiger partial charge on any atom is 0.231 e. The van der Waals surface area contributed by atoms with E-state index >= 15 is 0 Å². The molecule has 2 saturated heterocycles. The zero-order valence-corrected chi connectivity index (χ0v) is 19.1.